The lowest BCUT2D eigenvalue weighted by Gasteiger charge is -2.33. The van der Waals surface area contributed by atoms with E-state index in [0.717, 1.165) is 13.0 Å². The van der Waals surface area contributed by atoms with E-state index in [1.807, 2.05) is 11.4 Å². The van der Waals surface area contributed by atoms with Crippen molar-refractivity contribution in [2.24, 2.45) is 5.92 Å². The van der Waals surface area contributed by atoms with Crippen molar-refractivity contribution in [3.8, 4) is 0 Å². The van der Waals surface area contributed by atoms with E-state index in [1.54, 1.807) is 0 Å². The first-order chi connectivity index (χ1) is 15.8. The van der Waals surface area contributed by atoms with Gasteiger partial charge in [-0.2, -0.15) is 0 Å². The maximum absolute atomic E-state index is 6.40. The first-order valence-corrected chi connectivity index (χ1v) is 18.8. The summed E-state index contributed by atoms with van der Waals surface area (Å²) in [7, 11) is -4.86. The van der Waals surface area contributed by atoms with E-state index in [-0.39, 0.29) is 0 Å². The average Bonchev–Trinajstić information content (AvgIpc) is 2.79. The van der Waals surface area contributed by atoms with Gasteiger partial charge in [0.1, 0.15) is 0 Å². The monoisotopic (exact) mass is 498 g/mol. The summed E-state index contributed by atoms with van der Waals surface area (Å²) in [5.74, 6) is 0.475. The Hall–Kier alpha value is -0.206. The number of unbranched alkanes of at least 4 members (excludes halogenated alkanes) is 15. The van der Waals surface area contributed by atoms with E-state index in [2.05, 4.69) is 47.0 Å². The van der Waals surface area contributed by atoms with Crippen molar-refractivity contribution in [2.75, 3.05) is 13.2 Å². The van der Waals surface area contributed by atoms with E-state index >= 15 is 0 Å². The second-order valence-electron chi connectivity index (χ2n) is 10.4. The van der Waals surface area contributed by atoms with Crippen molar-refractivity contribution in [3.05, 3.63) is 24.6 Å². The molecule has 0 N–H and O–H groups in total. The topological polar surface area (TPSA) is 27.7 Å². The Labute approximate surface area is 210 Å². The highest BCUT2D eigenvalue weighted by molar-refractivity contribution is 6.84. The van der Waals surface area contributed by atoms with Crippen LogP contribution in [-0.2, 0) is 13.0 Å². The van der Waals surface area contributed by atoms with Crippen molar-refractivity contribution in [3.63, 3.8) is 0 Å². The van der Waals surface area contributed by atoms with Crippen LogP contribution in [-0.4, -0.2) is 30.3 Å². The molecule has 0 aromatic carbocycles. The molecule has 0 aliphatic rings. The van der Waals surface area contributed by atoms with E-state index < -0.39 is 17.1 Å². The van der Waals surface area contributed by atoms with E-state index in [4.69, 9.17) is 13.0 Å². The van der Waals surface area contributed by atoms with Gasteiger partial charge in [-0.15, -0.1) is 13.2 Å². The summed E-state index contributed by atoms with van der Waals surface area (Å²) < 4.78 is 18.7. The lowest BCUT2D eigenvalue weighted by Crippen LogP contribution is -2.50. The van der Waals surface area contributed by atoms with Crippen LogP contribution < -0.4 is 0 Å². The Bertz CT molecular complexity index is 472. The Morgan fingerprint density at radius 3 is 1.33 bits per heavy atom. The molecule has 0 rings (SSSR count). The highest BCUT2D eigenvalue weighted by Crippen LogP contribution is 2.20. The van der Waals surface area contributed by atoms with Gasteiger partial charge in [0.05, 0.1) is 0 Å². The van der Waals surface area contributed by atoms with Crippen LogP contribution in [0.25, 0.3) is 0 Å². The molecule has 2 unspecified atom stereocenters. The van der Waals surface area contributed by atoms with E-state index in [9.17, 15) is 0 Å². The van der Waals surface area contributed by atoms with E-state index in [1.165, 1.54) is 96.3 Å². The molecule has 0 aliphatic carbocycles. The molecule has 5 heteroatoms. The second-order valence-corrected chi connectivity index (χ2v) is 16.7. The third-order valence-electron chi connectivity index (χ3n) is 6.24. The van der Waals surface area contributed by atoms with Gasteiger partial charge in [0.15, 0.2) is 0 Å². The molecule has 0 amide bonds. The van der Waals surface area contributed by atoms with Crippen LogP contribution in [0.4, 0.5) is 0 Å². The quantitative estimate of drug-likeness (QED) is 0.0926. The molecule has 3 nitrogen and oxygen atoms in total. The van der Waals surface area contributed by atoms with Crippen LogP contribution in [0.1, 0.15) is 124 Å². The van der Waals surface area contributed by atoms with Crippen LogP contribution in [0.5, 0.6) is 0 Å². The first kappa shape index (κ1) is 32.8. The van der Waals surface area contributed by atoms with Gasteiger partial charge in [0, 0.05) is 13.2 Å². The Morgan fingerprint density at radius 1 is 0.606 bits per heavy atom. The predicted molar refractivity (Wildman–Crippen MR) is 151 cm³/mol. The van der Waals surface area contributed by atoms with Crippen molar-refractivity contribution < 1.29 is 13.0 Å². The summed E-state index contributed by atoms with van der Waals surface area (Å²) >= 11 is 0. The molecule has 0 fully saturated rings. The smallest absolute Gasteiger partial charge is 0.352 e. The van der Waals surface area contributed by atoms with Gasteiger partial charge < -0.3 is 13.0 Å². The van der Waals surface area contributed by atoms with Crippen LogP contribution in [0.15, 0.2) is 24.6 Å². The van der Waals surface area contributed by atoms with Crippen molar-refractivity contribution in [2.45, 2.75) is 137 Å². The SMILES string of the molecule is C=C[Si](C)(OCCCCCCCCCCCCCCCCCC)O[Si](C)(C=C)OCC(C)C. The molecule has 0 aliphatic heterocycles. The van der Waals surface area contributed by atoms with Crippen molar-refractivity contribution >= 4 is 17.1 Å². The third-order valence-corrected chi connectivity index (χ3v) is 12.5. The maximum Gasteiger partial charge on any atom is 0.352 e. The summed E-state index contributed by atoms with van der Waals surface area (Å²) in [6.45, 7) is 20.1. The highest BCUT2D eigenvalue weighted by Gasteiger charge is 2.39. The summed E-state index contributed by atoms with van der Waals surface area (Å²) in [5, 5.41) is 0. The van der Waals surface area contributed by atoms with Gasteiger partial charge >= 0.3 is 17.1 Å². The molecule has 2 atom stereocenters. The summed E-state index contributed by atoms with van der Waals surface area (Å²) in [5.41, 5.74) is 3.75. The third kappa shape index (κ3) is 19.8. The van der Waals surface area contributed by atoms with Crippen molar-refractivity contribution in [1.82, 2.24) is 0 Å². The molecule has 0 heterocycles. The van der Waals surface area contributed by atoms with Crippen molar-refractivity contribution in [1.29, 1.82) is 0 Å². The van der Waals surface area contributed by atoms with Gasteiger partial charge in [-0.05, 0) is 25.4 Å². The minimum atomic E-state index is -2.43. The maximum atomic E-state index is 6.40. The zero-order valence-corrected chi connectivity index (χ0v) is 25.1. The zero-order valence-electron chi connectivity index (χ0n) is 23.1. The van der Waals surface area contributed by atoms with Gasteiger partial charge in [-0.1, -0.05) is 128 Å². The molecule has 0 saturated heterocycles. The number of hydrogen-bond donors (Lipinski definition) is 0. The summed E-state index contributed by atoms with van der Waals surface area (Å²) in [6, 6.07) is 0. The molecule has 0 bridgehead atoms. The number of rotatable bonds is 25. The molecule has 0 radical (unpaired) electrons. The first-order valence-electron chi connectivity index (χ1n) is 14.1. The minimum absolute atomic E-state index is 0.475. The second kappa shape index (κ2) is 21.1. The largest absolute Gasteiger partial charge is 0.409 e. The van der Waals surface area contributed by atoms with Gasteiger partial charge in [0.2, 0.25) is 0 Å². The molecule has 33 heavy (non-hydrogen) atoms. The van der Waals surface area contributed by atoms with Crippen LogP contribution in [0.2, 0.25) is 13.1 Å². The number of hydrogen-bond acceptors (Lipinski definition) is 3. The lowest BCUT2D eigenvalue weighted by atomic mass is 10.0. The fourth-order valence-corrected chi connectivity index (χ4v) is 9.73. The van der Waals surface area contributed by atoms with Gasteiger partial charge in [0.25, 0.3) is 0 Å². The normalized spacial score (nSPS) is 15.3. The molecule has 0 aromatic heterocycles. The van der Waals surface area contributed by atoms with Crippen LogP contribution >= 0.6 is 0 Å². The van der Waals surface area contributed by atoms with Crippen LogP contribution in [0, 0.1) is 5.92 Å². The Kier molecular flexibility index (Phi) is 21.0. The molecule has 196 valence electrons. The standard InChI is InChI=1S/C28H58O3Si2/c1-8-11-12-13-14-15-16-17-18-19-20-21-22-23-24-25-26-29-32(6,9-2)31-33(7,10-3)30-27-28(4)5/h9-10,28H,2-3,8,11-27H2,1,4-7H3. The molecular formula is C28H58O3Si2. The van der Waals surface area contributed by atoms with E-state index in [0.29, 0.717) is 12.5 Å². The molecular weight excluding hydrogens is 440 g/mol. The molecule has 0 saturated carbocycles. The predicted octanol–water partition coefficient (Wildman–Crippen LogP) is 9.55. The minimum Gasteiger partial charge on any atom is -0.409 e. The van der Waals surface area contributed by atoms with Crippen LogP contribution in [0.3, 0.4) is 0 Å². The zero-order chi connectivity index (χ0) is 24.8. The van der Waals surface area contributed by atoms with Gasteiger partial charge in [-0.3, -0.25) is 0 Å². The average molecular weight is 499 g/mol. The highest BCUT2D eigenvalue weighted by atomic mass is 28.5. The molecule has 0 aromatic rings. The summed E-state index contributed by atoms with van der Waals surface area (Å²) in [4.78, 5) is 0. The molecule has 0 spiro atoms. The Morgan fingerprint density at radius 2 is 0.970 bits per heavy atom. The fourth-order valence-electron chi connectivity index (χ4n) is 3.92. The van der Waals surface area contributed by atoms with Gasteiger partial charge in [-0.25, -0.2) is 0 Å². The lowest BCUT2D eigenvalue weighted by molar-refractivity contribution is 0.185. The Balaban J connectivity index is 3.70. The fraction of sp³-hybridized carbons (Fsp3) is 0.857. The summed E-state index contributed by atoms with van der Waals surface area (Å²) in [6.07, 6.45) is 22.1.